The summed E-state index contributed by atoms with van der Waals surface area (Å²) in [7, 11) is 0. The zero-order valence-electron chi connectivity index (χ0n) is 10.3. The van der Waals surface area contributed by atoms with Crippen LogP contribution in [0.25, 0.3) is 0 Å². The zero-order chi connectivity index (χ0) is 12.7. The average Bonchev–Trinajstić information content (AvgIpc) is 2.47. The van der Waals surface area contributed by atoms with Crippen molar-refractivity contribution in [3.8, 4) is 0 Å². The molecular weight excluding hydrogens is 310 g/mol. The Labute approximate surface area is 121 Å². The maximum absolute atomic E-state index is 6.17. The van der Waals surface area contributed by atoms with Gasteiger partial charge in [0.05, 0.1) is 5.69 Å². The SMILES string of the molecule is C[C@H]1C2=CC=C(Cl)CC2CCc2cc(Br)cnc21. The molecule has 0 aliphatic heterocycles. The Morgan fingerprint density at radius 2 is 2.22 bits per heavy atom. The van der Waals surface area contributed by atoms with Crippen LogP contribution >= 0.6 is 27.5 Å². The molecule has 18 heavy (non-hydrogen) atoms. The molecule has 0 spiro atoms. The van der Waals surface area contributed by atoms with Crippen LogP contribution in [0.5, 0.6) is 0 Å². The lowest BCUT2D eigenvalue weighted by Crippen LogP contribution is -2.11. The fraction of sp³-hybridized carbons (Fsp3) is 0.400. The van der Waals surface area contributed by atoms with Crippen LogP contribution < -0.4 is 0 Å². The Hall–Kier alpha value is -0.600. The molecule has 3 rings (SSSR count). The van der Waals surface area contributed by atoms with E-state index in [-0.39, 0.29) is 0 Å². The monoisotopic (exact) mass is 323 g/mol. The molecule has 1 heterocycles. The molecule has 1 aromatic rings. The highest BCUT2D eigenvalue weighted by atomic mass is 79.9. The molecule has 0 saturated heterocycles. The smallest absolute Gasteiger partial charge is 0.0505 e. The lowest BCUT2D eigenvalue weighted by Gasteiger charge is -2.24. The summed E-state index contributed by atoms with van der Waals surface area (Å²) >= 11 is 9.68. The summed E-state index contributed by atoms with van der Waals surface area (Å²) in [6.07, 6.45) is 9.42. The van der Waals surface area contributed by atoms with Crippen molar-refractivity contribution in [3.63, 3.8) is 0 Å². The molecule has 0 N–H and O–H groups in total. The fourth-order valence-corrected chi connectivity index (χ4v) is 3.71. The second-order valence-corrected chi connectivity index (χ2v) is 6.54. The molecule has 2 atom stereocenters. The van der Waals surface area contributed by atoms with Crippen LogP contribution in [0, 0.1) is 5.92 Å². The minimum atomic E-state index is 0.404. The van der Waals surface area contributed by atoms with Gasteiger partial charge in [-0.1, -0.05) is 30.2 Å². The van der Waals surface area contributed by atoms with Crippen molar-refractivity contribution in [2.45, 2.75) is 32.1 Å². The van der Waals surface area contributed by atoms with Crippen LogP contribution in [-0.4, -0.2) is 4.98 Å². The van der Waals surface area contributed by atoms with Gasteiger partial charge in [0, 0.05) is 21.6 Å². The number of allylic oxidation sites excluding steroid dienone is 4. The summed E-state index contributed by atoms with van der Waals surface area (Å²) in [6, 6.07) is 2.21. The van der Waals surface area contributed by atoms with Gasteiger partial charge in [0.15, 0.2) is 0 Å². The third-order valence-corrected chi connectivity index (χ3v) is 4.72. The van der Waals surface area contributed by atoms with Gasteiger partial charge in [-0.2, -0.15) is 0 Å². The summed E-state index contributed by atoms with van der Waals surface area (Å²) in [4.78, 5) is 4.63. The Morgan fingerprint density at radius 3 is 3.06 bits per heavy atom. The highest BCUT2D eigenvalue weighted by molar-refractivity contribution is 9.10. The van der Waals surface area contributed by atoms with Gasteiger partial charge in [0.2, 0.25) is 0 Å². The van der Waals surface area contributed by atoms with Crippen molar-refractivity contribution in [1.29, 1.82) is 0 Å². The predicted octanol–water partition coefficient (Wildman–Crippen LogP) is 4.96. The summed E-state index contributed by atoms with van der Waals surface area (Å²) < 4.78 is 1.07. The molecule has 0 amide bonds. The van der Waals surface area contributed by atoms with Gasteiger partial charge in [-0.3, -0.25) is 4.98 Å². The average molecular weight is 325 g/mol. The first-order chi connectivity index (χ1) is 8.65. The zero-order valence-corrected chi connectivity index (χ0v) is 12.6. The molecule has 3 heteroatoms. The topological polar surface area (TPSA) is 12.9 Å². The van der Waals surface area contributed by atoms with Crippen LogP contribution in [0.1, 0.15) is 36.9 Å². The minimum absolute atomic E-state index is 0.404. The van der Waals surface area contributed by atoms with E-state index in [1.54, 1.807) is 0 Å². The minimum Gasteiger partial charge on any atom is -0.259 e. The van der Waals surface area contributed by atoms with E-state index in [0.717, 1.165) is 22.3 Å². The van der Waals surface area contributed by atoms with Crippen LogP contribution in [0.15, 0.2) is 39.5 Å². The molecule has 1 aromatic heterocycles. The normalized spacial score (nSPS) is 26.6. The fourth-order valence-electron chi connectivity index (χ4n) is 3.08. The number of hydrogen-bond donors (Lipinski definition) is 0. The summed E-state index contributed by atoms with van der Waals surface area (Å²) in [6.45, 7) is 2.26. The first-order valence-corrected chi connectivity index (χ1v) is 7.52. The van der Waals surface area contributed by atoms with Crippen molar-refractivity contribution >= 4 is 27.5 Å². The van der Waals surface area contributed by atoms with Crippen LogP contribution in [0.2, 0.25) is 0 Å². The Morgan fingerprint density at radius 1 is 1.39 bits per heavy atom. The lowest BCUT2D eigenvalue weighted by atomic mass is 9.82. The Kier molecular flexibility index (Phi) is 3.33. The van der Waals surface area contributed by atoms with Crippen LogP contribution in [-0.2, 0) is 6.42 Å². The van der Waals surface area contributed by atoms with E-state index in [1.165, 1.54) is 23.3 Å². The van der Waals surface area contributed by atoms with Gasteiger partial charge >= 0.3 is 0 Å². The molecule has 1 unspecified atom stereocenters. The van der Waals surface area contributed by atoms with Gasteiger partial charge in [0.25, 0.3) is 0 Å². The summed E-state index contributed by atoms with van der Waals surface area (Å²) in [5.74, 6) is 0.993. The first kappa shape index (κ1) is 12.4. The molecule has 0 bridgehead atoms. The second-order valence-electron chi connectivity index (χ2n) is 5.14. The van der Waals surface area contributed by atoms with E-state index >= 15 is 0 Å². The summed E-state index contributed by atoms with van der Waals surface area (Å²) in [5, 5.41) is 0.982. The molecule has 0 fully saturated rings. The van der Waals surface area contributed by atoms with E-state index in [1.807, 2.05) is 12.3 Å². The van der Waals surface area contributed by atoms with E-state index in [0.29, 0.717) is 11.8 Å². The van der Waals surface area contributed by atoms with Crippen LogP contribution in [0.4, 0.5) is 0 Å². The lowest BCUT2D eigenvalue weighted by molar-refractivity contribution is 0.542. The van der Waals surface area contributed by atoms with Gasteiger partial charge in [-0.25, -0.2) is 0 Å². The number of pyridine rings is 1. The number of rotatable bonds is 0. The first-order valence-electron chi connectivity index (χ1n) is 6.35. The van der Waals surface area contributed by atoms with Gasteiger partial charge in [0.1, 0.15) is 0 Å². The molecular formula is C15H15BrClN. The van der Waals surface area contributed by atoms with Gasteiger partial charge in [-0.15, -0.1) is 0 Å². The van der Waals surface area contributed by atoms with E-state index in [2.05, 4.69) is 40.0 Å². The highest BCUT2D eigenvalue weighted by Crippen LogP contribution is 2.42. The van der Waals surface area contributed by atoms with Crippen LogP contribution in [0.3, 0.4) is 0 Å². The molecule has 0 radical (unpaired) electrons. The number of hydrogen-bond acceptors (Lipinski definition) is 1. The number of aryl methyl sites for hydroxylation is 1. The second kappa shape index (κ2) is 4.82. The van der Waals surface area contributed by atoms with E-state index < -0.39 is 0 Å². The number of nitrogens with zero attached hydrogens (tertiary/aromatic N) is 1. The maximum Gasteiger partial charge on any atom is 0.0505 e. The van der Waals surface area contributed by atoms with Crippen molar-refractivity contribution in [2.75, 3.05) is 0 Å². The van der Waals surface area contributed by atoms with E-state index in [9.17, 15) is 0 Å². The standard InChI is InChI=1S/C15H15BrClN/c1-9-14-5-4-13(17)7-10(14)2-3-11-6-12(16)8-18-15(9)11/h4-6,8-10H,2-3,7H2,1H3/t9-,10?/m0/s1. The third-order valence-electron chi connectivity index (χ3n) is 4.01. The van der Waals surface area contributed by atoms with Crippen molar-refractivity contribution < 1.29 is 0 Å². The van der Waals surface area contributed by atoms with Crippen molar-refractivity contribution in [1.82, 2.24) is 4.98 Å². The Bertz CT molecular complexity index is 547. The highest BCUT2D eigenvalue weighted by Gasteiger charge is 2.29. The molecule has 2 aliphatic rings. The molecule has 94 valence electrons. The maximum atomic E-state index is 6.17. The summed E-state index contributed by atoms with van der Waals surface area (Å²) in [5.41, 5.74) is 4.11. The van der Waals surface area contributed by atoms with E-state index in [4.69, 9.17) is 11.6 Å². The molecule has 0 saturated carbocycles. The number of aromatic nitrogens is 1. The van der Waals surface area contributed by atoms with Crippen molar-refractivity contribution in [2.24, 2.45) is 5.92 Å². The van der Waals surface area contributed by atoms with Gasteiger partial charge in [-0.05, 0) is 58.8 Å². The largest absolute Gasteiger partial charge is 0.259 e. The molecule has 2 aliphatic carbocycles. The van der Waals surface area contributed by atoms with Crippen molar-refractivity contribution in [3.05, 3.63) is 50.8 Å². The predicted molar refractivity (Wildman–Crippen MR) is 78.8 cm³/mol. The number of fused-ring (bicyclic) bond motifs is 2. The molecule has 1 nitrogen and oxygen atoms in total. The Balaban J connectivity index is 2.06. The third kappa shape index (κ3) is 2.17. The molecule has 0 aromatic carbocycles. The number of halogens is 2. The quantitative estimate of drug-likeness (QED) is 0.657. The van der Waals surface area contributed by atoms with Gasteiger partial charge < -0.3 is 0 Å².